The van der Waals surface area contributed by atoms with Crippen molar-refractivity contribution in [1.82, 2.24) is 15.2 Å². The molecule has 1 aliphatic heterocycles. The lowest BCUT2D eigenvalue weighted by Gasteiger charge is -2.23. The fourth-order valence-corrected chi connectivity index (χ4v) is 3.37. The van der Waals surface area contributed by atoms with Crippen LogP contribution in [0.15, 0.2) is 29.4 Å². The summed E-state index contributed by atoms with van der Waals surface area (Å²) in [5, 5.41) is 4.49. The number of halogens is 1. The van der Waals surface area contributed by atoms with Crippen molar-refractivity contribution >= 4 is 16.9 Å². The highest BCUT2D eigenvalue weighted by molar-refractivity contribution is 5.83. The smallest absolute Gasteiger partial charge is 0.193 e. The van der Waals surface area contributed by atoms with E-state index < -0.39 is 0 Å². The molecule has 0 saturated carbocycles. The molecule has 2 aromatic rings. The zero-order valence-electron chi connectivity index (χ0n) is 14.8. The molecular weight excluding hydrogens is 303 g/mol. The van der Waals surface area contributed by atoms with Gasteiger partial charge in [0, 0.05) is 43.3 Å². The number of H-pyrrole nitrogens is 1. The van der Waals surface area contributed by atoms with Crippen LogP contribution in [0, 0.1) is 11.2 Å². The van der Waals surface area contributed by atoms with E-state index in [1.54, 1.807) is 6.07 Å². The number of aliphatic imine (C=N–C) groups is 1. The third-order valence-corrected chi connectivity index (χ3v) is 4.68. The predicted octanol–water partition coefficient (Wildman–Crippen LogP) is 3.55. The number of nitrogens with zero attached hydrogens (tertiary/aromatic N) is 2. The lowest BCUT2D eigenvalue weighted by molar-refractivity contribution is 0.370. The minimum Gasteiger partial charge on any atom is -0.361 e. The fraction of sp³-hybridized carbons (Fsp3) is 0.526. The number of aromatic nitrogens is 1. The van der Waals surface area contributed by atoms with Crippen molar-refractivity contribution in [2.45, 2.75) is 33.6 Å². The van der Waals surface area contributed by atoms with Crippen molar-refractivity contribution in [3.8, 4) is 0 Å². The summed E-state index contributed by atoms with van der Waals surface area (Å²) in [6.07, 6.45) is 4.01. The van der Waals surface area contributed by atoms with Gasteiger partial charge < -0.3 is 15.2 Å². The SMILES string of the molecule is CCNC(=NCCc1c[nH]c2cc(F)ccc12)N1CCC(C)(C)C1. The number of guanidine groups is 1. The summed E-state index contributed by atoms with van der Waals surface area (Å²) in [6.45, 7) is 10.4. The van der Waals surface area contributed by atoms with Gasteiger partial charge in [-0.25, -0.2) is 4.39 Å². The van der Waals surface area contributed by atoms with Gasteiger partial charge in [-0.2, -0.15) is 0 Å². The van der Waals surface area contributed by atoms with Gasteiger partial charge in [0.1, 0.15) is 5.82 Å². The maximum Gasteiger partial charge on any atom is 0.193 e. The van der Waals surface area contributed by atoms with Crippen molar-refractivity contribution in [3.05, 3.63) is 35.8 Å². The average Bonchev–Trinajstić information content (AvgIpc) is 3.09. The summed E-state index contributed by atoms with van der Waals surface area (Å²) in [6, 6.07) is 4.90. The molecule has 1 saturated heterocycles. The zero-order valence-corrected chi connectivity index (χ0v) is 14.8. The van der Waals surface area contributed by atoms with Crippen molar-refractivity contribution in [3.63, 3.8) is 0 Å². The van der Waals surface area contributed by atoms with Crippen molar-refractivity contribution in [2.24, 2.45) is 10.4 Å². The van der Waals surface area contributed by atoms with Crippen LogP contribution >= 0.6 is 0 Å². The third kappa shape index (κ3) is 3.71. The molecule has 0 spiro atoms. The van der Waals surface area contributed by atoms with Gasteiger partial charge in [-0.1, -0.05) is 13.8 Å². The molecule has 5 heteroatoms. The number of likely N-dealkylation sites (tertiary alicyclic amines) is 1. The second kappa shape index (κ2) is 6.83. The van der Waals surface area contributed by atoms with E-state index in [9.17, 15) is 4.39 Å². The van der Waals surface area contributed by atoms with Gasteiger partial charge in [0.25, 0.3) is 0 Å². The number of benzene rings is 1. The Balaban J connectivity index is 1.68. The Hall–Kier alpha value is -2.04. The summed E-state index contributed by atoms with van der Waals surface area (Å²) in [5.41, 5.74) is 2.39. The second-order valence-electron chi connectivity index (χ2n) is 7.33. The third-order valence-electron chi connectivity index (χ3n) is 4.68. The molecule has 2 heterocycles. The first-order valence-corrected chi connectivity index (χ1v) is 8.77. The van der Waals surface area contributed by atoms with E-state index in [1.807, 2.05) is 12.3 Å². The Labute approximate surface area is 143 Å². The van der Waals surface area contributed by atoms with E-state index in [4.69, 9.17) is 4.99 Å². The zero-order chi connectivity index (χ0) is 17.2. The molecule has 0 amide bonds. The largest absolute Gasteiger partial charge is 0.361 e. The summed E-state index contributed by atoms with van der Waals surface area (Å²) in [4.78, 5) is 10.3. The van der Waals surface area contributed by atoms with Crippen LogP contribution in [-0.2, 0) is 6.42 Å². The van der Waals surface area contributed by atoms with Crippen molar-refractivity contribution in [2.75, 3.05) is 26.2 Å². The van der Waals surface area contributed by atoms with Gasteiger partial charge in [0.2, 0.25) is 0 Å². The monoisotopic (exact) mass is 330 g/mol. The molecule has 0 aliphatic carbocycles. The van der Waals surface area contributed by atoms with Crippen LogP contribution in [0.2, 0.25) is 0 Å². The first-order valence-electron chi connectivity index (χ1n) is 8.77. The number of hydrogen-bond acceptors (Lipinski definition) is 1. The first-order chi connectivity index (χ1) is 11.5. The van der Waals surface area contributed by atoms with Gasteiger partial charge >= 0.3 is 0 Å². The number of aromatic amines is 1. The highest BCUT2D eigenvalue weighted by Crippen LogP contribution is 2.28. The van der Waals surface area contributed by atoms with Crippen LogP contribution in [0.1, 0.15) is 32.8 Å². The van der Waals surface area contributed by atoms with Gasteiger partial charge in [-0.15, -0.1) is 0 Å². The summed E-state index contributed by atoms with van der Waals surface area (Å²) < 4.78 is 13.3. The van der Waals surface area contributed by atoms with Crippen LogP contribution in [-0.4, -0.2) is 42.0 Å². The molecular formula is C19H27FN4. The van der Waals surface area contributed by atoms with E-state index in [2.05, 4.69) is 36.0 Å². The van der Waals surface area contributed by atoms with Gasteiger partial charge in [-0.3, -0.25) is 4.99 Å². The molecule has 1 aromatic heterocycles. The van der Waals surface area contributed by atoms with Crippen LogP contribution in [0.5, 0.6) is 0 Å². The number of rotatable bonds is 4. The molecule has 0 atom stereocenters. The Morgan fingerprint density at radius 2 is 2.25 bits per heavy atom. The van der Waals surface area contributed by atoms with Crippen molar-refractivity contribution < 1.29 is 4.39 Å². The standard InChI is InChI=1S/C19H27FN4/c1-4-21-18(24-10-8-19(2,3)13-24)22-9-7-14-12-23-17-11-15(20)5-6-16(14)17/h5-6,11-12,23H,4,7-10,13H2,1-3H3,(H,21,22). The molecule has 4 nitrogen and oxygen atoms in total. The van der Waals surface area contributed by atoms with Crippen LogP contribution in [0.4, 0.5) is 4.39 Å². The van der Waals surface area contributed by atoms with Crippen LogP contribution in [0.25, 0.3) is 10.9 Å². The number of nitrogens with one attached hydrogen (secondary N) is 2. The van der Waals surface area contributed by atoms with E-state index >= 15 is 0 Å². The minimum atomic E-state index is -0.208. The molecule has 3 rings (SSSR count). The first kappa shape index (κ1) is 16.8. The van der Waals surface area contributed by atoms with Crippen LogP contribution < -0.4 is 5.32 Å². The highest BCUT2D eigenvalue weighted by Gasteiger charge is 2.30. The van der Waals surface area contributed by atoms with E-state index in [-0.39, 0.29) is 5.82 Å². The fourth-order valence-electron chi connectivity index (χ4n) is 3.37. The molecule has 1 fully saturated rings. The van der Waals surface area contributed by atoms with E-state index in [0.717, 1.165) is 49.5 Å². The Morgan fingerprint density at radius 1 is 1.42 bits per heavy atom. The van der Waals surface area contributed by atoms with Crippen molar-refractivity contribution in [1.29, 1.82) is 0 Å². The van der Waals surface area contributed by atoms with E-state index in [1.165, 1.54) is 18.1 Å². The Kier molecular flexibility index (Phi) is 4.78. The lowest BCUT2D eigenvalue weighted by atomic mass is 9.93. The normalized spacial score (nSPS) is 17.7. The molecule has 0 bridgehead atoms. The second-order valence-corrected chi connectivity index (χ2v) is 7.33. The minimum absolute atomic E-state index is 0.208. The molecule has 1 aromatic carbocycles. The maximum atomic E-state index is 13.3. The van der Waals surface area contributed by atoms with Crippen LogP contribution in [0.3, 0.4) is 0 Å². The van der Waals surface area contributed by atoms with Gasteiger partial charge in [0.15, 0.2) is 5.96 Å². The number of fused-ring (bicyclic) bond motifs is 1. The molecule has 24 heavy (non-hydrogen) atoms. The highest BCUT2D eigenvalue weighted by atomic mass is 19.1. The molecule has 0 unspecified atom stereocenters. The maximum absolute atomic E-state index is 13.3. The summed E-state index contributed by atoms with van der Waals surface area (Å²) in [5.74, 6) is 0.800. The van der Waals surface area contributed by atoms with Gasteiger partial charge in [0.05, 0.1) is 0 Å². The van der Waals surface area contributed by atoms with E-state index in [0.29, 0.717) is 5.41 Å². The molecule has 1 aliphatic rings. The molecule has 2 N–H and O–H groups in total. The topological polar surface area (TPSA) is 43.4 Å². The summed E-state index contributed by atoms with van der Waals surface area (Å²) >= 11 is 0. The predicted molar refractivity (Wildman–Crippen MR) is 97.9 cm³/mol. The quantitative estimate of drug-likeness (QED) is 0.665. The lowest BCUT2D eigenvalue weighted by Crippen LogP contribution is -2.40. The van der Waals surface area contributed by atoms with Gasteiger partial charge in [-0.05, 0) is 48.9 Å². The number of hydrogen-bond donors (Lipinski definition) is 2. The molecule has 130 valence electrons. The Bertz CT molecular complexity index is 732. The average molecular weight is 330 g/mol. The summed E-state index contributed by atoms with van der Waals surface area (Å²) in [7, 11) is 0. The Morgan fingerprint density at radius 3 is 2.96 bits per heavy atom. The molecule has 0 radical (unpaired) electrons.